The van der Waals surface area contributed by atoms with E-state index in [0.29, 0.717) is 12.2 Å². The molecule has 0 atom stereocenters. The summed E-state index contributed by atoms with van der Waals surface area (Å²) in [6, 6.07) is 6.79. The van der Waals surface area contributed by atoms with Crippen LogP contribution in [0.4, 0.5) is 11.4 Å². The highest BCUT2D eigenvalue weighted by molar-refractivity contribution is 5.92. The van der Waals surface area contributed by atoms with Gasteiger partial charge in [0.2, 0.25) is 5.91 Å². The van der Waals surface area contributed by atoms with Crippen LogP contribution in [0.3, 0.4) is 0 Å². The minimum absolute atomic E-state index is 0.0167. The third kappa shape index (κ3) is 4.05. The number of carbonyl (C=O) groups excluding carboxylic acids is 1. The molecular weight excluding hydrogens is 296 g/mol. The highest BCUT2D eigenvalue weighted by atomic mass is 16.6. The Morgan fingerprint density at radius 3 is 2.61 bits per heavy atom. The normalized spacial score (nSPS) is 20.0. The smallest absolute Gasteiger partial charge is 0.271 e. The second-order valence-electron chi connectivity index (χ2n) is 6.25. The van der Waals surface area contributed by atoms with E-state index in [9.17, 15) is 14.9 Å². The van der Waals surface area contributed by atoms with E-state index in [0.717, 1.165) is 32.2 Å². The molecule has 3 rings (SSSR count). The molecule has 1 heterocycles. The van der Waals surface area contributed by atoms with E-state index in [1.165, 1.54) is 31.4 Å². The summed E-state index contributed by atoms with van der Waals surface area (Å²) in [6.07, 6.45) is 3.97. The summed E-state index contributed by atoms with van der Waals surface area (Å²) in [4.78, 5) is 27.1. The number of non-ortho nitro benzene ring substituents is 1. The fraction of sp³-hybridized carbons (Fsp3) is 0.562. The van der Waals surface area contributed by atoms with Crippen molar-refractivity contribution in [2.24, 2.45) is 0 Å². The second kappa shape index (κ2) is 7.06. The lowest BCUT2D eigenvalue weighted by Gasteiger charge is -2.42. The van der Waals surface area contributed by atoms with Gasteiger partial charge in [0, 0.05) is 50.0 Å². The molecule has 1 saturated carbocycles. The Kier molecular flexibility index (Phi) is 4.88. The van der Waals surface area contributed by atoms with Crippen molar-refractivity contribution in [2.45, 2.75) is 25.3 Å². The molecule has 0 unspecified atom stereocenters. The Bertz CT molecular complexity index is 580. The maximum absolute atomic E-state index is 12.1. The first-order valence-electron chi connectivity index (χ1n) is 8.12. The van der Waals surface area contributed by atoms with Gasteiger partial charge in [-0.25, -0.2) is 0 Å². The van der Waals surface area contributed by atoms with E-state index in [1.54, 1.807) is 12.1 Å². The molecule has 124 valence electrons. The monoisotopic (exact) mass is 318 g/mol. The minimum atomic E-state index is -0.463. The molecule has 1 amide bonds. The summed E-state index contributed by atoms with van der Waals surface area (Å²) < 4.78 is 0. The Hall–Kier alpha value is -1.99. The third-order valence-corrected chi connectivity index (χ3v) is 4.71. The minimum Gasteiger partial charge on any atom is -0.325 e. The number of hydrogen-bond acceptors (Lipinski definition) is 5. The first-order valence-corrected chi connectivity index (χ1v) is 8.12. The van der Waals surface area contributed by atoms with Crippen molar-refractivity contribution in [1.82, 2.24) is 9.80 Å². The summed E-state index contributed by atoms with van der Waals surface area (Å²) in [5.74, 6) is -0.123. The molecule has 1 aromatic carbocycles. The molecule has 1 aromatic rings. The number of nitrogens with zero attached hydrogens (tertiary/aromatic N) is 3. The zero-order chi connectivity index (χ0) is 16.2. The number of nitrogens with one attached hydrogen (secondary N) is 1. The van der Waals surface area contributed by atoms with Gasteiger partial charge in [0.25, 0.3) is 5.69 Å². The van der Waals surface area contributed by atoms with Gasteiger partial charge >= 0.3 is 0 Å². The number of rotatable bonds is 5. The number of amides is 1. The van der Waals surface area contributed by atoms with Gasteiger partial charge in [0.1, 0.15) is 0 Å². The van der Waals surface area contributed by atoms with Gasteiger partial charge in [-0.2, -0.15) is 0 Å². The lowest BCUT2D eigenvalue weighted by Crippen LogP contribution is -2.53. The summed E-state index contributed by atoms with van der Waals surface area (Å²) in [5.41, 5.74) is 0.453. The lowest BCUT2D eigenvalue weighted by molar-refractivity contribution is -0.384. The number of anilines is 1. The molecule has 7 nitrogen and oxygen atoms in total. The zero-order valence-corrected chi connectivity index (χ0v) is 13.1. The van der Waals surface area contributed by atoms with Gasteiger partial charge in [-0.3, -0.25) is 24.7 Å². The number of carbonyl (C=O) groups is 1. The summed E-state index contributed by atoms with van der Waals surface area (Å²) in [7, 11) is 0. The molecular formula is C16H22N4O3. The number of hydrogen-bond donors (Lipinski definition) is 1. The van der Waals surface area contributed by atoms with Gasteiger partial charge in [-0.05, 0) is 18.9 Å². The van der Waals surface area contributed by atoms with Crippen molar-refractivity contribution in [1.29, 1.82) is 0 Å². The van der Waals surface area contributed by atoms with Crippen molar-refractivity contribution in [3.63, 3.8) is 0 Å². The van der Waals surface area contributed by atoms with Crippen LogP contribution >= 0.6 is 0 Å². The first-order chi connectivity index (χ1) is 11.1. The van der Waals surface area contributed by atoms with E-state index >= 15 is 0 Å². The third-order valence-electron chi connectivity index (χ3n) is 4.71. The Morgan fingerprint density at radius 2 is 2.00 bits per heavy atom. The van der Waals surface area contributed by atoms with Crippen LogP contribution in [-0.2, 0) is 4.79 Å². The molecule has 2 fully saturated rings. The molecule has 0 bridgehead atoms. The number of nitro groups is 1. The van der Waals surface area contributed by atoms with E-state index in [2.05, 4.69) is 15.1 Å². The average molecular weight is 318 g/mol. The van der Waals surface area contributed by atoms with E-state index in [1.807, 2.05) is 0 Å². The first kappa shape index (κ1) is 15.9. The summed E-state index contributed by atoms with van der Waals surface area (Å²) >= 11 is 0. The van der Waals surface area contributed by atoms with Gasteiger partial charge in [-0.1, -0.05) is 12.5 Å². The van der Waals surface area contributed by atoms with Crippen molar-refractivity contribution in [3.05, 3.63) is 34.4 Å². The molecule has 0 spiro atoms. The molecule has 7 heteroatoms. The van der Waals surface area contributed by atoms with E-state index in [-0.39, 0.29) is 11.6 Å². The predicted octanol–water partition coefficient (Wildman–Crippen LogP) is 1.70. The van der Waals surface area contributed by atoms with Gasteiger partial charge in [-0.15, -0.1) is 0 Å². The van der Waals surface area contributed by atoms with Crippen molar-refractivity contribution in [2.75, 3.05) is 38.0 Å². The van der Waals surface area contributed by atoms with Crippen LogP contribution in [0.1, 0.15) is 19.3 Å². The molecule has 1 N–H and O–H groups in total. The Labute approximate surface area is 135 Å². The van der Waals surface area contributed by atoms with Crippen LogP contribution in [0.2, 0.25) is 0 Å². The Balaban J connectivity index is 1.46. The molecule has 2 aliphatic rings. The Morgan fingerprint density at radius 1 is 1.26 bits per heavy atom. The van der Waals surface area contributed by atoms with Crippen molar-refractivity contribution in [3.8, 4) is 0 Å². The maximum atomic E-state index is 12.1. The molecule has 1 aliphatic carbocycles. The van der Waals surface area contributed by atoms with Crippen molar-refractivity contribution < 1.29 is 9.72 Å². The van der Waals surface area contributed by atoms with E-state index < -0.39 is 4.92 Å². The van der Waals surface area contributed by atoms with Crippen LogP contribution in [0.25, 0.3) is 0 Å². The van der Waals surface area contributed by atoms with Crippen LogP contribution in [0.15, 0.2) is 24.3 Å². The molecule has 23 heavy (non-hydrogen) atoms. The number of piperazine rings is 1. The quantitative estimate of drug-likeness (QED) is 0.660. The second-order valence-corrected chi connectivity index (χ2v) is 6.25. The summed E-state index contributed by atoms with van der Waals surface area (Å²) in [5, 5.41) is 13.5. The van der Waals surface area contributed by atoms with Gasteiger partial charge < -0.3 is 5.32 Å². The fourth-order valence-corrected chi connectivity index (χ4v) is 3.14. The number of nitro benzene ring substituents is 1. The highest BCUT2D eigenvalue weighted by Crippen LogP contribution is 2.25. The van der Waals surface area contributed by atoms with Gasteiger partial charge in [0.05, 0.1) is 11.5 Å². The predicted molar refractivity (Wildman–Crippen MR) is 87.4 cm³/mol. The molecule has 0 radical (unpaired) electrons. The molecule has 1 aliphatic heterocycles. The summed E-state index contributed by atoms with van der Waals surface area (Å²) in [6.45, 7) is 4.18. The van der Waals surface area contributed by atoms with Crippen LogP contribution in [-0.4, -0.2) is 59.4 Å². The topological polar surface area (TPSA) is 78.7 Å². The number of benzene rings is 1. The van der Waals surface area contributed by atoms with Crippen molar-refractivity contribution >= 4 is 17.3 Å². The van der Waals surface area contributed by atoms with E-state index in [4.69, 9.17) is 0 Å². The van der Waals surface area contributed by atoms with Crippen LogP contribution in [0, 0.1) is 10.1 Å². The largest absolute Gasteiger partial charge is 0.325 e. The molecule has 1 saturated heterocycles. The SMILES string of the molecule is O=C(CN1CCN(C2CCC2)CC1)Nc1cccc([N+](=O)[O-])c1. The fourth-order valence-electron chi connectivity index (χ4n) is 3.14. The highest BCUT2D eigenvalue weighted by Gasteiger charge is 2.28. The zero-order valence-electron chi connectivity index (χ0n) is 13.1. The average Bonchev–Trinajstić information content (AvgIpc) is 2.47. The molecule has 0 aromatic heterocycles. The lowest BCUT2D eigenvalue weighted by atomic mass is 9.91. The van der Waals surface area contributed by atoms with Crippen LogP contribution < -0.4 is 5.32 Å². The standard InChI is InChI=1S/C16H22N4O3/c21-16(17-13-3-1-6-15(11-13)20(22)23)12-18-7-9-19(10-8-18)14-4-2-5-14/h1,3,6,11,14H,2,4-5,7-10,12H2,(H,17,21). The van der Waals surface area contributed by atoms with Crippen LogP contribution in [0.5, 0.6) is 0 Å². The maximum Gasteiger partial charge on any atom is 0.271 e. The van der Waals surface area contributed by atoms with Gasteiger partial charge in [0.15, 0.2) is 0 Å².